The maximum atomic E-state index is 12.8. The number of carbonyl (C=O) groups excluding carboxylic acids is 1. The molecule has 1 amide bonds. The first-order chi connectivity index (χ1) is 14.3. The van der Waals surface area contributed by atoms with E-state index in [0.29, 0.717) is 37.7 Å². The lowest BCUT2D eigenvalue weighted by Gasteiger charge is -2.32. The third-order valence-electron chi connectivity index (χ3n) is 5.11. The smallest absolute Gasteiger partial charge is 0.417 e. The number of rotatable bonds is 3. The number of nitrogens with zero attached hydrogens (tertiary/aromatic N) is 3. The maximum Gasteiger partial charge on any atom is 0.417 e. The van der Waals surface area contributed by atoms with E-state index < -0.39 is 11.7 Å². The lowest BCUT2D eigenvalue weighted by Crippen LogP contribution is -2.41. The molecule has 0 atom stereocenters. The van der Waals surface area contributed by atoms with Gasteiger partial charge in [-0.25, -0.2) is 4.98 Å². The molecule has 1 aliphatic rings. The summed E-state index contributed by atoms with van der Waals surface area (Å²) in [4.78, 5) is 21.3. The van der Waals surface area contributed by atoms with Crippen LogP contribution in [0.1, 0.15) is 34.3 Å². The predicted molar refractivity (Wildman–Crippen MR) is 102 cm³/mol. The molecule has 1 fully saturated rings. The molecule has 1 aromatic carbocycles. The second-order valence-electron chi connectivity index (χ2n) is 7.08. The molecule has 30 heavy (non-hydrogen) atoms. The highest BCUT2D eigenvalue weighted by molar-refractivity contribution is 5.98. The molecule has 2 aromatic heterocycles. The molecule has 3 heterocycles. The number of alkyl halides is 3. The largest absolute Gasteiger partial charge is 0.473 e. The Kier molecular flexibility index (Phi) is 5.08. The summed E-state index contributed by atoms with van der Waals surface area (Å²) >= 11 is 0. The van der Waals surface area contributed by atoms with Crippen molar-refractivity contribution in [3.63, 3.8) is 0 Å². The summed E-state index contributed by atoms with van der Waals surface area (Å²) < 4.78 is 44.1. The van der Waals surface area contributed by atoms with Gasteiger partial charge < -0.3 is 14.6 Å². The summed E-state index contributed by atoms with van der Waals surface area (Å²) in [5.41, 5.74) is 0.213. The molecule has 9 heteroatoms. The second kappa shape index (κ2) is 7.71. The Balaban J connectivity index is 1.40. The molecule has 0 unspecified atom stereocenters. The van der Waals surface area contributed by atoms with Crippen molar-refractivity contribution in [2.75, 3.05) is 13.1 Å². The van der Waals surface area contributed by atoms with E-state index in [1.807, 2.05) is 24.4 Å². The first-order valence-corrected chi connectivity index (χ1v) is 9.35. The fourth-order valence-corrected chi connectivity index (χ4v) is 3.48. The van der Waals surface area contributed by atoms with Crippen molar-refractivity contribution in [3.05, 3.63) is 59.4 Å². The van der Waals surface area contributed by atoms with Crippen molar-refractivity contribution in [2.24, 2.45) is 0 Å². The monoisotopic (exact) mass is 414 g/mol. The first-order valence-electron chi connectivity index (χ1n) is 9.35. The van der Waals surface area contributed by atoms with E-state index in [2.05, 4.69) is 9.97 Å². The zero-order valence-electron chi connectivity index (χ0n) is 15.7. The van der Waals surface area contributed by atoms with Gasteiger partial charge in [-0.2, -0.15) is 18.4 Å². The highest BCUT2D eigenvalue weighted by Gasteiger charge is 2.32. The van der Waals surface area contributed by atoms with Crippen LogP contribution < -0.4 is 4.74 Å². The minimum absolute atomic E-state index is 0.0877. The molecule has 154 valence electrons. The van der Waals surface area contributed by atoms with Gasteiger partial charge in [0.25, 0.3) is 5.91 Å². The lowest BCUT2D eigenvalue weighted by molar-refractivity contribution is -0.137. The van der Waals surface area contributed by atoms with E-state index in [9.17, 15) is 18.0 Å². The van der Waals surface area contributed by atoms with Crippen LogP contribution >= 0.6 is 0 Å². The Hall–Kier alpha value is -3.54. The Bertz CT molecular complexity index is 1130. The van der Waals surface area contributed by atoms with Crippen molar-refractivity contribution in [1.29, 1.82) is 5.26 Å². The number of benzene rings is 1. The number of aromatic amines is 1. The van der Waals surface area contributed by atoms with Gasteiger partial charge in [-0.1, -0.05) is 6.07 Å². The van der Waals surface area contributed by atoms with Crippen LogP contribution in [0.2, 0.25) is 0 Å². The first kappa shape index (κ1) is 19.8. The third kappa shape index (κ3) is 3.94. The van der Waals surface area contributed by atoms with Crippen LogP contribution in [0.4, 0.5) is 13.2 Å². The molecule has 0 saturated carbocycles. The molecule has 4 rings (SSSR count). The average Bonchev–Trinajstić information content (AvgIpc) is 3.21. The fourth-order valence-electron chi connectivity index (χ4n) is 3.48. The number of likely N-dealkylation sites (tertiary alicyclic amines) is 1. The number of halogens is 3. The summed E-state index contributed by atoms with van der Waals surface area (Å²) in [6, 6.07) is 9.84. The zero-order valence-corrected chi connectivity index (χ0v) is 15.7. The van der Waals surface area contributed by atoms with Gasteiger partial charge in [-0.05, 0) is 29.7 Å². The fraction of sp³-hybridized carbons (Fsp3) is 0.286. The quantitative estimate of drug-likeness (QED) is 0.699. The number of piperidine rings is 1. The van der Waals surface area contributed by atoms with Crippen LogP contribution in [0.25, 0.3) is 10.9 Å². The van der Waals surface area contributed by atoms with Crippen molar-refractivity contribution < 1.29 is 22.7 Å². The molecular formula is C21H17F3N4O2. The van der Waals surface area contributed by atoms with Gasteiger partial charge in [0, 0.05) is 49.4 Å². The van der Waals surface area contributed by atoms with Crippen LogP contribution in [0.3, 0.4) is 0 Å². The van der Waals surface area contributed by atoms with E-state index >= 15 is 0 Å². The standard InChI is InChI=1S/C21H17F3N4O2/c22-21(23,24)16-9-15(11-25)19(27-12-16)30-17-4-7-28(8-5-17)20(29)14-2-1-13-3-6-26-18(13)10-14/h1-3,6,9-10,12,17,26H,4-5,7-8H2. The van der Waals surface area contributed by atoms with Crippen LogP contribution in [0.5, 0.6) is 5.88 Å². The summed E-state index contributed by atoms with van der Waals surface area (Å²) in [7, 11) is 0. The molecule has 0 radical (unpaired) electrons. The minimum atomic E-state index is -4.58. The number of nitrogens with one attached hydrogen (secondary N) is 1. The zero-order chi connectivity index (χ0) is 21.3. The Labute approximate surface area is 169 Å². The van der Waals surface area contributed by atoms with Crippen molar-refractivity contribution in [1.82, 2.24) is 14.9 Å². The molecule has 3 aromatic rings. The molecule has 0 spiro atoms. The van der Waals surface area contributed by atoms with Crippen molar-refractivity contribution in [3.8, 4) is 11.9 Å². The summed E-state index contributed by atoms with van der Waals surface area (Å²) in [5.74, 6) is -0.206. The van der Waals surface area contributed by atoms with Gasteiger partial charge in [-0.15, -0.1) is 0 Å². The molecular weight excluding hydrogens is 397 g/mol. The van der Waals surface area contributed by atoms with E-state index in [1.165, 1.54) is 0 Å². The highest BCUT2D eigenvalue weighted by Crippen LogP contribution is 2.31. The number of nitriles is 1. The van der Waals surface area contributed by atoms with Crippen LogP contribution in [0.15, 0.2) is 42.7 Å². The molecule has 0 bridgehead atoms. The number of fused-ring (bicyclic) bond motifs is 1. The second-order valence-corrected chi connectivity index (χ2v) is 7.08. The maximum absolute atomic E-state index is 12.8. The van der Waals surface area contributed by atoms with Gasteiger partial charge >= 0.3 is 6.18 Å². The summed E-state index contributed by atoms with van der Waals surface area (Å²) in [5, 5.41) is 10.2. The lowest BCUT2D eigenvalue weighted by atomic mass is 10.1. The van der Waals surface area contributed by atoms with Gasteiger partial charge in [0.2, 0.25) is 5.88 Å². The number of hydrogen-bond donors (Lipinski definition) is 1. The molecule has 0 aliphatic carbocycles. The van der Waals surface area contributed by atoms with Gasteiger partial charge in [0.05, 0.1) is 5.56 Å². The van der Waals surface area contributed by atoms with Crippen molar-refractivity contribution in [2.45, 2.75) is 25.1 Å². The highest BCUT2D eigenvalue weighted by atomic mass is 19.4. The van der Waals surface area contributed by atoms with E-state index in [0.717, 1.165) is 17.0 Å². The molecule has 1 N–H and O–H groups in total. The molecule has 6 nitrogen and oxygen atoms in total. The van der Waals surface area contributed by atoms with Gasteiger partial charge in [0.1, 0.15) is 17.7 Å². The number of H-pyrrole nitrogens is 1. The number of hydrogen-bond acceptors (Lipinski definition) is 4. The number of pyridine rings is 1. The van der Waals surface area contributed by atoms with Crippen molar-refractivity contribution >= 4 is 16.8 Å². The predicted octanol–water partition coefficient (Wildman–Crippen LogP) is 4.14. The Morgan fingerprint density at radius 2 is 2.00 bits per heavy atom. The average molecular weight is 414 g/mol. The summed E-state index contributed by atoms with van der Waals surface area (Å²) in [6.45, 7) is 0.879. The number of aromatic nitrogens is 2. The van der Waals surface area contributed by atoms with Gasteiger partial charge in [-0.3, -0.25) is 4.79 Å². The number of amides is 1. The van der Waals surface area contributed by atoms with E-state index in [-0.39, 0.29) is 23.5 Å². The Morgan fingerprint density at radius 3 is 2.70 bits per heavy atom. The van der Waals surface area contributed by atoms with Crippen LogP contribution in [-0.2, 0) is 6.18 Å². The minimum Gasteiger partial charge on any atom is -0.473 e. The Morgan fingerprint density at radius 1 is 1.23 bits per heavy atom. The molecule has 1 saturated heterocycles. The number of carbonyl (C=O) groups is 1. The number of ether oxygens (including phenoxy) is 1. The van der Waals surface area contributed by atoms with E-state index in [4.69, 9.17) is 10.00 Å². The third-order valence-corrected chi connectivity index (χ3v) is 5.11. The topological polar surface area (TPSA) is 82.0 Å². The van der Waals surface area contributed by atoms with Crippen LogP contribution in [-0.4, -0.2) is 40.0 Å². The normalized spacial score (nSPS) is 15.2. The SMILES string of the molecule is N#Cc1cc(C(F)(F)F)cnc1OC1CCN(C(=O)c2ccc3cc[nH]c3c2)CC1. The van der Waals surface area contributed by atoms with Gasteiger partial charge in [0.15, 0.2) is 0 Å². The summed E-state index contributed by atoms with van der Waals surface area (Å²) in [6.07, 6.45) is -1.46. The molecule has 1 aliphatic heterocycles. The van der Waals surface area contributed by atoms with E-state index in [1.54, 1.807) is 17.0 Å². The van der Waals surface area contributed by atoms with Crippen LogP contribution in [0, 0.1) is 11.3 Å².